The van der Waals surface area contributed by atoms with Crippen molar-refractivity contribution >= 4 is 28.6 Å². The minimum Gasteiger partial charge on any atom is -0.394 e. The Hall–Kier alpha value is -1.40. The fourth-order valence-corrected chi connectivity index (χ4v) is 1.67. The van der Waals surface area contributed by atoms with Crippen LogP contribution in [0, 0.1) is 5.92 Å². The van der Waals surface area contributed by atoms with E-state index in [0.29, 0.717) is 17.0 Å². The molecule has 2 heterocycles. The fourth-order valence-electron chi connectivity index (χ4n) is 1.51. The highest BCUT2D eigenvalue weighted by molar-refractivity contribution is 6.28. The largest absolute Gasteiger partial charge is 0.394 e. The maximum atomic E-state index is 9.29. The molecular weight excluding hydrogens is 242 g/mol. The smallest absolute Gasteiger partial charge is 0.226 e. The number of aliphatic hydroxyl groups excluding tert-OH is 1. The highest BCUT2D eigenvalue weighted by Gasteiger charge is 2.16. The van der Waals surface area contributed by atoms with E-state index in [2.05, 4.69) is 25.3 Å². The first-order chi connectivity index (χ1) is 8.11. The average Bonchev–Trinajstić information content (AvgIpc) is 2.72. The van der Waals surface area contributed by atoms with Crippen LogP contribution in [0.4, 0.5) is 5.82 Å². The summed E-state index contributed by atoms with van der Waals surface area (Å²) in [5, 5.41) is 12.6. The molecule has 17 heavy (non-hydrogen) atoms. The number of fused-ring (bicyclic) bond motifs is 1. The number of aromatic nitrogens is 4. The Morgan fingerprint density at radius 2 is 2.24 bits per heavy atom. The number of imidazole rings is 1. The van der Waals surface area contributed by atoms with E-state index in [4.69, 9.17) is 11.6 Å². The van der Waals surface area contributed by atoms with Crippen LogP contribution < -0.4 is 5.32 Å². The van der Waals surface area contributed by atoms with Crippen molar-refractivity contribution in [2.45, 2.75) is 19.9 Å². The van der Waals surface area contributed by atoms with Gasteiger partial charge < -0.3 is 15.4 Å². The van der Waals surface area contributed by atoms with Crippen LogP contribution in [0.25, 0.3) is 11.2 Å². The van der Waals surface area contributed by atoms with Gasteiger partial charge in [0.2, 0.25) is 5.28 Å². The third-order valence-corrected chi connectivity index (χ3v) is 2.75. The zero-order valence-electron chi connectivity index (χ0n) is 9.61. The molecule has 1 unspecified atom stereocenters. The summed E-state index contributed by atoms with van der Waals surface area (Å²) in [6, 6.07) is -0.0903. The maximum Gasteiger partial charge on any atom is 0.226 e. The molecule has 0 aliphatic rings. The second-order valence-electron chi connectivity index (χ2n) is 4.12. The van der Waals surface area contributed by atoms with Gasteiger partial charge in [0.05, 0.1) is 19.0 Å². The highest BCUT2D eigenvalue weighted by atomic mass is 35.5. The number of hydrogen-bond acceptors (Lipinski definition) is 5. The summed E-state index contributed by atoms with van der Waals surface area (Å²) in [5.74, 6) is 0.831. The van der Waals surface area contributed by atoms with Crippen LogP contribution in [0.3, 0.4) is 0 Å². The van der Waals surface area contributed by atoms with E-state index in [1.54, 1.807) is 0 Å². The standard InChI is InChI=1S/C10H14ClN5O/c1-5(2)6(3-17)14-9-7-8(13-4-12-7)15-10(11)16-9/h4-6,17H,3H2,1-2H3,(H2,12,13,14,15,16). The van der Waals surface area contributed by atoms with Gasteiger partial charge in [0.15, 0.2) is 11.5 Å². The molecular formula is C10H14ClN5O. The molecule has 3 N–H and O–H groups in total. The quantitative estimate of drug-likeness (QED) is 0.720. The third kappa shape index (κ3) is 2.48. The first-order valence-electron chi connectivity index (χ1n) is 5.36. The lowest BCUT2D eigenvalue weighted by Gasteiger charge is -2.20. The summed E-state index contributed by atoms with van der Waals surface area (Å²) in [4.78, 5) is 15.1. The van der Waals surface area contributed by atoms with Crippen molar-refractivity contribution in [3.8, 4) is 0 Å². The lowest BCUT2D eigenvalue weighted by Crippen LogP contribution is -2.30. The summed E-state index contributed by atoms with van der Waals surface area (Å²) in [6.45, 7) is 4.05. The van der Waals surface area contributed by atoms with Gasteiger partial charge in [-0.3, -0.25) is 0 Å². The van der Waals surface area contributed by atoms with E-state index in [9.17, 15) is 5.11 Å². The van der Waals surface area contributed by atoms with E-state index in [1.165, 1.54) is 6.33 Å². The Labute approximate surface area is 103 Å². The van der Waals surface area contributed by atoms with Crippen molar-refractivity contribution in [2.75, 3.05) is 11.9 Å². The Bertz CT molecular complexity index is 512. The second kappa shape index (κ2) is 4.85. The van der Waals surface area contributed by atoms with Crippen LogP contribution >= 0.6 is 11.6 Å². The Kier molecular flexibility index (Phi) is 3.44. The van der Waals surface area contributed by atoms with Gasteiger partial charge in [-0.15, -0.1) is 0 Å². The highest BCUT2D eigenvalue weighted by Crippen LogP contribution is 2.20. The van der Waals surface area contributed by atoms with Crippen molar-refractivity contribution in [3.63, 3.8) is 0 Å². The van der Waals surface area contributed by atoms with Gasteiger partial charge in [-0.1, -0.05) is 13.8 Å². The van der Waals surface area contributed by atoms with E-state index < -0.39 is 0 Å². The number of H-pyrrole nitrogens is 1. The maximum absolute atomic E-state index is 9.29. The molecule has 92 valence electrons. The van der Waals surface area contributed by atoms with Gasteiger partial charge in [0, 0.05) is 0 Å². The summed E-state index contributed by atoms with van der Waals surface area (Å²) in [5.41, 5.74) is 1.20. The van der Waals surface area contributed by atoms with Gasteiger partial charge >= 0.3 is 0 Å². The zero-order chi connectivity index (χ0) is 12.4. The molecule has 0 fully saturated rings. The average molecular weight is 256 g/mol. The van der Waals surface area contributed by atoms with Gasteiger partial charge in [0.1, 0.15) is 5.52 Å². The normalized spacial score (nSPS) is 13.2. The molecule has 7 heteroatoms. The number of nitrogens with zero attached hydrogens (tertiary/aromatic N) is 3. The molecule has 1 atom stereocenters. The lowest BCUT2D eigenvalue weighted by molar-refractivity contribution is 0.249. The summed E-state index contributed by atoms with van der Waals surface area (Å²) >= 11 is 5.81. The van der Waals surface area contributed by atoms with Crippen LogP contribution in [-0.4, -0.2) is 37.7 Å². The topological polar surface area (TPSA) is 86.7 Å². The molecule has 2 rings (SSSR count). The number of hydrogen-bond donors (Lipinski definition) is 3. The Morgan fingerprint density at radius 1 is 1.47 bits per heavy atom. The van der Waals surface area contributed by atoms with Crippen LogP contribution in [0.15, 0.2) is 6.33 Å². The van der Waals surface area contributed by atoms with Crippen molar-refractivity contribution in [3.05, 3.63) is 11.6 Å². The molecule has 0 saturated heterocycles. The van der Waals surface area contributed by atoms with Gasteiger partial charge in [-0.2, -0.15) is 9.97 Å². The minimum atomic E-state index is -0.0903. The molecule has 0 aliphatic carbocycles. The van der Waals surface area contributed by atoms with Crippen molar-refractivity contribution in [2.24, 2.45) is 5.92 Å². The monoisotopic (exact) mass is 255 g/mol. The molecule has 6 nitrogen and oxygen atoms in total. The van der Waals surface area contributed by atoms with Crippen LogP contribution in [0.5, 0.6) is 0 Å². The summed E-state index contributed by atoms with van der Waals surface area (Å²) in [7, 11) is 0. The SMILES string of the molecule is CC(C)C(CO)Nc1nc(Cl)nc2nc[nH]c12. The van der Waals surface area contributed by atoms with Crippen LogP contribution in [0.2, 0.25) is 5.28 Å². The predicted octanol–water partition coefficient (Wildman–Crippen LogP) is 1.44. The fraction of sp³-hybridized carbons (Fsp3) is 0.500. The molecule has 0 radical (unpaired) electrons. The van der Waals surface area contributed by atoms with Crippen molar-refractivity contribution in [1.29, 1.82) is 0 Å². The number of rotatable bonds is 4. The molecule has 0 bridgehead atoms. The van der Waals surface area contributed by atoms with Gasteiger partial charge in [0.25, 0.3) is 0 Å². The van der Waals surface area contributed by atoms with Crippen LogP contribution in [0.1, 0.15) is 13.8 Å². The first-order valence-corrected chi connectivity index (χ1v) is 5.73. The molecule has 0 aliphatic heterocycles. The third-order valence-electron chi connectivity index (χ3n) is 2.58. The summed E-state index contributed by atoms with van der Waals surface area (Å²) < 4.78 is 0. The van der Waals surface area contributed by atoms with Crippen molar-refractivity contribution < 1.29 is 5.11 Å². The van der Waals surface area contributed by atoms with Gasteiger partial charge in [-0.25, -0.2) is 4.98 Å². The Morgan fingerprint density at radius 3 is 2.88 bits per heavy atom. The number of nitrogens with one attached hydrogen (secondary N) is 2. The van der Waals surface area contributed by atoms with Gasteiger partial charge in [-0.05, 0) is 17.5 Å². The predicted molar refractivity (Wildman–Crippen MR) is 66.0 cm³/mol. The molecule has 2 aromatic rings. The molecule has 0 aromatic carbocycles. The van der Waals surface area contributed by atoms with E-state index >= 15 is 0 Å². The Balaban J connectivity index is 2.37. The number of halogens is 1. The van der Waals surface area contributed by atoms with Crippen molar-refractivity contribution in [1.82, 2.24) is 19.9 Å². The molecule has 0 spiro atoms. The zero-order valence-corrected chi connectivity index (χ0v) is 10.4. The minimum absolute atomic E-state index is 0.0227. The molecule has 0 saturated carbocycles. The molecule has 0 amide bonds. The van der Waals surface area contributed by atoms with Crippen LogP contribution in [-0.2, 0) is 0 Å². The number of anilines is 1. The van der Waals surface area contributed by atoms with E-state index in [-0.39, 0.29) is 23.9 Å². The van der Waals surface area contributed by atoms with E-state index in [0.717, 1.165) is 0 Å². The number of aromatic amines is 1. The van der Waals surface area contributed by atoms with E-state index in [1.807, 2.05) is 13.8 Å². The second-order valence-corrected chi connectivity index (χ2v) is 4.46. The number of aliphatic hydroxyl groups is 1. The summed E-state index contributed by atoms with van der Waals surface area (Å²) in [6.07, 6.45) is 1.53. The molecule has 2 aromatic heterocycles. The lowest BCUT2D eigenvalue weighted by atomic mass is 10.1. The first kappa shape index (κ1) is 12.1.